The van der Waals surface area contributed by atoms with Gasteiger partial charge in [0.25, 0.3) is 0 Å². The summed E-state index contributed by atoms with van der Waals surface area (Å²) in [6.45, 7) is 0.634. The second-order valence-corrected chi connectivity index (χ2v) is 2.59. The van der Waals surface area contributed by atoms with Gasteiger partial charge in [0.2, 0.25) is 0 Å². The lowest BCUT2D eigenvalue weighted by atomic mass is 10.2. The van der Waals surface area contributed by atoms with Gasteiger partial charge >= 0.3 is 18.5 Å². The molecule has 0 aromatic heterocycles. The molecule has 3 N–H and O–H groups in total. The Labute approximate surface area is 89.1 Å². The molecule has 9 heteroatoms. The van der Waals surface area contributed by atoms with E-state index in [-0.39, 0.29) is 0 Å². The minimum atomic E-state index is -1.94. The summed E-state index contributed by atoms with van der Waals surface area (Å²) in [5.74, 6) is 0. The number of ether oxygens (including phenoxy) is 3. The van der Waals surface area contributed by atoms with Crippen LogP contribution in [0.25, 0.3) is 0 Å². The van der Waals surface area contributed by atoms with Crippen LogP contribution in [0, 0.1) is 0 Å². The fourth-order valence-corrected chi connectivity index (χ4v) is 0.482. The summed E-state index contributed by atoms with van der Waals surface area (Å²) in [6.07, 6.45) is -7.75. The summed E-state index contributed by atoms with van der Waals surface area (Å²) >= 11 is 0. The van der Waals surface area contributed by atoms with Crippen molar-refractivity contribution < 1.29 is 43.9 Å². The first-order valence-corrected chi connectivity index (χ1v) is 3.98. The van der Waals surface area contributed by atoms with Crippen molar-refractivity contribution in [1.29, 1.82) is 0 Å². The lowest BCUT2D eigenvalue weighted by molar-refractivity contribution is -0.0258. The van der Waals surface area contributed by atoms with Crippen LogP contribution in [0.15, 0.2) is 0 Å². The van der Waals surface area contributed by atoms with Crippen LogP contribution < -0.4 is 0 Å². The predicted molar refractivity (Wildman–Crippen MR) is 44.6 cm³/mol. The third-order valence-electron chi connectivity index (χ3n) is 1.27. The molecular weight excluding hydrogens is 228 g/mol. The Morgan fingerprint density at radius 3 is 2.12 bits per heavy atom. The highest BCUT2D eigenvalue weighted by Gasteiger charge is 2.19. The van der Waals surface area contributed by atoms with Gasteiger partial charge in [-0.05, 0) is 6.92 Å². The van der Waals surface area contributed by atoms with Crippen LogP contribution in [0.3, 0.4) is 0 Å². The highest BCUT2D eigenvalue weighted by molar-refractivity contribution is 5.83. The molecule has 0 spiro atoms. The molecule has 0 bridgehead atoms. The first kappa shape index (κ1) is 14.1. The molecule has 0 fully saturated rings. The van der Waals surface area contributed by atoms with Crippen molar-refractivity contribution in [3.05, 3.63) is 0 Å². The summed E-state index contributed by atoms with van der Waals surface area (Å²) in [5, 5.41) is 25.7. The Kier molecular flexibility index (Phi) is 5.81. The third-order valence-corrected chi connectivity index (χ3v) is 1.27. The molecule has 0 aliphatic heterocycles. The van der Waals surface area contributed by atoms with Gasteiger partial charge in [0.1, 0.15) is 12.7 Å². The van der Waals surface area contributed by atoms with E-state index in [1.165, 1.54) is 6.92 Å². The Hall–Kier alpha value is -1.87. The van der Waals surface area contributed by atoms with E-state index in [2.05, 4.69) is 14.2 Å². The van der Waals surface area contributed by atoms with Crippen LogP contribution in [-0.4, -0.2) is 52.6 Å². The maximum atomic E-state index is 10.6. The van der Waals surface area contributed by atoms with Gasteiger partial charge < -0.3 is 29.5 Å². The number of carbonyl (C=O) groups is 3. The number of aliphatic hydroxyl groups excluding tert-OH is 2. The first-order valence-electron chi connectivity index (χ1n) is 3.98. The van der Waals surface area contributed by atoms with Crippen LogP contribution in [-0.2, 0) is 14.2 Å². The average Bonchev–Trinajstić information content (AvgIpc) is 2.12. The highest BCUT2D eigenvalue weighted by atomic mass is 16.8. The van der Waals surface area contributed by atoms with E-state index in [9.17, 15) is 14.4 Å². The van der Waals surface area contributed by atoms with Crippen LogP contribution in [0.1, 0.15) is 6.92 Å². The number of rotatable bonds is 3. The van der Waals surface area contributed by atoms with Gasteiger partial charge in [-0.3, -0.25) is 0 Å². The molecule has 0 aliphatic rings. The second-order valence-electron chi connectivity index (χ2n) is 2.59. The van der Waals surface area contributed by atoms with Gasteiger partial charge in [-0.1, -0.05) is 0 Å². The predicted octanol–water partition coefficient (Wildman–Crippen LogP) is -0.304. The largest absolute Gasteiger partial charge is 0.528 e. The second kappa shape index (κ2) is 6.58. The monoisotopic (exact) mass is 238 g/mol. The van der Waals surface area contributed by atoms with Crippen molar-refractivity contribution in [2.24, 2.45) is 0 Å². The van der Waals surface area contributed by atoms with Gasteiger partial charge in [-0.25, -0.2) is 14.4 Å². The van der Waals surface area contributed by atoms with E-state index in [1.54, 1.807) is 0 Å². The standard InChI is InChI=1S/C7H10O9/c1-3(8)4(9)2-14-6(12)16-7(13)15-5(10)11/h3-4,8-9H,2H2,1H3,(H,10,11). The topological polar surface area (TPSA) is 140 Å². The summed E-state index contributed by atoms with van der Waals surface area (Å²) in [5.41, 5.74) is 0. The molecule has 0 amide bonds. The first-order chi connectivity index (χ1) is 7.32. The van der Waals surface area contributed by atoms with Crippen molar-refractivity contribution >= 4 is 18.5 Å². The number of hydrogen-bond acceptors (Lipinski definition) is 8. The zero-order valence-electron chi connectivity index (χ0n) is 8.15. The zero-order chi connectivity index (χ0) is 12.7. The Bertz CT molecular complexity index is 271. The number of aliphatic hydroxyl groups is 2. The van der Waals surface area contributed by atoms with Crippen LogP contribution in [0.4, 0.5) is 14.4 Å². The van der Waals surface area contributed by atoms with E-state index in [4.69, 9.17) is 15.3 Å². The summed E-state index contributed by atoms with van der Waals surface area (Å²) in [6, 6.07) is 0. The quantitative estimate of drug-likeness (QED) is 0.446. The van der Waals surface area contributed by atoms with E-state index < -0.39 is 37.3 Å². The molecule has 0 saturated heterocycles. The van der Waals surface area contributed by atoms with Gasteiger partial charge in [0, 0.05) is 0 Å². The van der Waals surface area contributed by atoms with Crippen molar-refractivity contribution in [1.82, 2.24) is 0 Å². The normalized spacial score (nSPS) is 13.4. The molecule has 2 unspecified atom stereocenters. The lowest BCUT2D eigenvalue weighted by Gasteiger charge is -2.12. The summed E-state index contributed by atoms with van der Waals surface area (Å²) in [7, 11) is 0. The van der Waals surface area contributed by atoms with Gasteiger partial charge in [-0.15, -0.1) is 0 Å². The molecule has 0 rings (SSSR count). The molecule has 92 valence electrons. The molecule has 0 aromatic carbocycles. The SMILES string of the molecule is CC(O)C(O)COC(=O)OC(=O)OC(=O)O. The fourth-order valence-electron chi connectivity index (χ4n) is 0.482. The average molecular weight is 238 g/mol. The number of carbonyl (C=O) groups excluding carboxylic acids is 2. The number of carboxylic acid groups (broad SMARTS) is 1. The van der Waals surface area contributed by atoms with E-state index in [1.807, 2.05) is 0 Å². The van der Waals surface area contributed by atoms with Gasteiger partial charge in [0.15, 0.2) is 0 Å². The van der Waals surface area contributed by atoms with Crippen molar-refractivity contribution in [2.75, 3.05) is 6.61 Å². The molecule has 0 heterocycles. The zero-order valence-corrected chi connectivity index (χ0v) is 8.15. The number of hydrogen-bond donors (Lipinski definition) is 3. The minimum absolute atomic E-state index is 0.614. The highest BCUT2D eigenvalue weighted by Crippen LogP contribution is 1.96. The molecule has 9 nitrogen and oxygen atoms in total. The Morgan fingerprint density at radius 1 is 1.12 bits per heavy atom. The van der Waals surface area contributed by atoms with Gasteiger partial charge in [-0.2, -0.15) is 0 Å². The maximum Gasteiger partial charge on any atom is 0.528 e. The van der Waals surface area contributed by atoms with Crippen molar-refractivity contribution in [3.63, 3.8) is 0 Å². The van der Waals surface area contributed by atoms with Crippen LogP contribution in [0.5, 0.6) is 0 Å². The lowest BCUT2D eigenvalue weighted by Crippen LogP contribution is -2.30. The van der Waals surface area contributed by atoms with Crippen LogP contribution >= 0.6 is 0 Å². The third kappa shape index (κ3) is 6.56. The van der Waals surface area contributed by atoms with Crippen molar-refractivity contribution in [3.8, 4) is 0 Å². The molecule has 0 saturated carbocycles. The van der Waals surface area contributed by atoms with E-state index >= 15 is 0 Å². The maximum absolute atomic E-state index is 10.6. The van der Waals surface area contributed by atoms with E-state index in [0.717, 1.165) is 0 Å². The van der Waals surface area contributed by atoms with Gasteiger partial charge in [0.05, 0.1) is 6.10 Å². The van der Waals surface area contributed by atoms with E-state index in [0.29, 0.717) is 0 Å². The molecule has 16 heavy (non-hydrogen) atoms. The summed E-state index contributed by atoms with van der Waals surface area (Å²) in [4.78, 5) is 30.8. The van der Waals surface area contributed by atoms with Crippen LogP contribution in [0.2, 0.25) is 0 Å². The summed E-state index contributed by atoms with van der Waals surface area (Å²) < 4.78 is 11.3. The Morgan fingerprint density at radius 2 is 1.69 bits per heavy atom. The Balaban J connectivity index is 3.83. The smallest absolute Gasteiger partial charge is 0.449 e. The fraction of sp³-hybridized carbons (Fsp3) is 0.571. The molecule has 0 radical (unpaired) electrons. The molecule has 0 aromatic rings. The molecular formula is C7H10O9. The molecule has 0 aliphatic carbocycles. The molecule has 2 atom stereocenters. The van der Waals surface area contributed by atoms with Crippen molar-refractivity contribution in [2.45, 2.75) is 19.1 Å². The minimum Gasteiger partial charge on any atom is -0.449 e.